The second kappa shape index (κ2) is 7.76. The van der Waals surface area contributed by atoms with Crippen LogP contribution in [0.25, 0.3) is 17.0 Å². The fourth-order valence-corrected chi connectivity index (χ4v) is 4.10. The van der Waals surface area contributed by atoms with E-state index >= 15 is 0 Å². The van der Waals surface area contributed by atoms with Gasteiger partial charge in [-0.25, -0.2) is 26.2 Å². The first kappa shape index (κ1) is 20.7. The van der Waals surface area contributed by atoms with E-state index in [-0.39, 0.29) is 21.4 Å². The molecule has 0 aliphatic heterocycles. The summed E-state index contributed by atoms with van der Waals surface area (Å²) >= 11 is 0. The lowest BCUT2D eigenvalue weighted by Gasteiger charge is -2.09. The molecular weight excluding hydrogens is 402 g/mol. The van der Waals surface area contributed by atoms with Crippen LogP contribution in [0, 0.1) is 18.6 Å². The molecule has 3 aromatic rings. The van der Waals surface area contributed by atoms with E-state index < -0.39 is 27.6 Å². The lowest BCUT2D eigenvalue weighted by Crippen LogP contribution is -2.22. The second-order valence-corrected chi connectivity index (χ2v) is 8.15. The highest BCUT2D eigenvalue weighted by Gasteiger charge is 2.22. The average Bonchev–Trinajstić information content (AvgIpc) is 3.04. The molecule has 0 aliphatic rings. The third-order valence-electron chi connectivity index (χ3n) is 4.41. The van der Waals surface area contributed by atoms with E-state index in [0.29, 0.717) is 0 Å². The summed E-state index contributed by atoms with van der Waals surface area (Å²) in [4.78, 5) is 16.7. The summed E-state index contributed by atoms with van der Waals surface area (Å²) in [6.07, 6.45) is 3.68. The van der Waals surface area contributed by atoms with Crippen LogP contribution in [0.3, 0.4) is 0 Å². The maximum absolute atomic E-state index is 13.9. The first-order valence-electron chi connectivity index (χ1n) is 8.47. The fraction of sp³-hybridized carbons (Fsp3) is 0.150. The van der Waals surface area contributed by atoms with Gasteiger partial charge < -0.3 is 0 Å². The minimum absolute atomic E-state index is 0.00421. The molecule has 0 N–H and O–H groups in total. The SMILES string of the molecule is CON(C)C(=O)/C=C/c1cn(S(=O)(=O)c2ccc(C)cc2)c2cc(F)c(F)cc12. The number of carbonyl (C=O) groups excluding carboxylic acids is 1. The van der Waals surface area contributed by atoms with Crippen LogP contribution in [-0.2, 0) is 19.7 Å². The molecule has 1 aromatic heterocycles. The topological polar surface area (TPSA) is 68.6 Å². The van der Waals surface area contributed by atoms with E-state index in [1.807, 2.05) is 6.92 Å². The Morgan fingerprint density at radius 1 is 1.14 bits per heavy atom. The Balaban J connectivity index is 2.20. The first-order valence-corrected chi connectivity index (χ1v) is 9.91. The smallest absolute Gasteiger partial charge is 0.269 e. The van der Waals surface area contributed by atoms with Gasteiger partial charge in [-0.05, 0) is 31.2 Å². The van der Waals surface area contributed by atoms with Gasteiger partial charge in [-0.2, -0.15) is 0 Å². The number of rotatable bonds is 5. The molecule has 0 saturated carbocycles. The molecule has 0 unspecified atom stereocenters. The number of likely N-dealkylation sites (N-methyl/N-ethyl adjacent to an activating group) is 1. The van der Waals surface area contributed by atoms with Crippen molar-refractivity contribution in [2.24, 2.45) is 0 Å². The summed E-state index contributed by atoms with van der Waals surface area (Å²) in [7, 11) is -1.37. The van der Waals surface area contributed by atoms with E-state index in [0.717, 1.165) is 32.8 Å². The van der Waals surface area contributed by atoms with Crippen LogP contribution in [0.2, 0.25) is 0 Å². The van der Waals surface area contributed by atoms with E-state index in [9.17, 15) is 22.0 Å². The van der Waals surface area contributed by atoms with Gasteiger partial charge in [0.25, 0.3) is 15.9 Å². The maximum atomic E-state index is 13.9. The molecular formula is C20H18F2N2O4S. The number of benzene rings is 2. The molecule has 152 valence electrons. The zero-order valence-corrected chi connectivity index (χ0v) is 16.7. The number of halogens is 2. The van der Waals surface area contributed by atoms with E-state index in [4.69, 9.17) is 4.84 Å². The monoisotopic (exact) mass is 420 g/mol. The van der Waals surface area contributed by atoms with Crippen molar-refractivity contribution in [2.75, 3.05) is 14.2 Å². The van der Waals surface area contributed by atoms with Gasteiger partial charge in [-0.15, -0.1) is 0 Å². The molecule has 9 heteroatoms. The van der Waals surface area contributed by atoms with Crippen LogP contribution >= 0.6 is 0 Å². The van der Waals surface area contributed by atoms with Crippen molar-refractivity contribution in [1.29, 1.82) is 0 Å². The van der Waals surface area contributed by atoms with Crippen LogP contribution in [0.1, 0.15) is 11.1 Å². The Kier molecular flexibility index (Phi) is 5.54. The normalized spacial score (nSPS) is 12.0. The van der Waals surface area contributed by atoms with Gasteiger partial charge in [0.2, 0.25) is 0 Å². The highest BCUT2D eigenvalue weighted by Crippen LogP contribution is 2.29. The second-order valence-electron chi connectivity index (χ2n) is 6.33. The molecule has 0 aliphatic carbocycles. The number of amides is 1. The Morgan fingerprint density at radius 3 is 2.38 bits per heavy atom. The molecule has 6 nitrogen and oxygen atoms in total. The summed E-state index contributed by atoms with van der Waals surface area (Å²) in [6, 6.07) is 7.86. The maximum Gasteiger partial charge on any atom is 0.269 e. The lowest BCUT2D eigenvalue weighted by molar-refractivity contribution is -0.162. The van der Waals surface area contributed by atoms with Crippen molar-refractivity contribution in [1.82, 2.24) is 9.04 Å². The summed E-state index contributed by atoms with van der Waals surface area (Å²) in [6.45, 7) is 1.82. The summed E-state index contributed by atoms with van der Waals surface area (Å²) in [5, 5.41) is 1.10. The number of carbonyl (C=O) groups is 1. The number of aromatic nitrogens is 1. The predicted octanol–water partition coefficient (Wildman–Crippen LogP) is 3.50. The Morgan fingerprint density at radius 2 is 1.76 bits per heavy atom. The fourth-order valence-electron chi connectivity index (χ4n) is 2.73. The molecule has 0 bridgehead atoms. The van der Waals surface area contributed by atoms with Crippen LogP contribution in [0.4, 0.5) is 8.78 Å². The number of fused-ring (bicyclic) bond motifs is 1. The number of nitrogens with zero attached hydrogens (tertiary/aromatic N) is 2. The molecule has 1 heterocycles. The van der Waals surface area contributed by atoms with Crippen molar-refractivity contribution in [3.63, 3.8) is 0 Å². The summed E-state index contributed by atoms with van der Waals surface area (Å²) in [5.41, 5.74) is 1.06. The molecule has 0 radical (unpaired) electrons. The van der Waals surface area contributed by atoms with Crippen molar-refractivity contribution >= 4 is 32.9 Å². The third kappa shape index (κ3) is 3.92. The van der Waals surface area contributed by atoms with Crippen molar-refractivity contribution < 1.29 is 26.8 Å². The zero-order valence-electron chi connectivity index (χ0n) is 15.9. The Hall–Kier alpha value is -3.04. The van der Waals surface area contributed by atoms with Crippen molar-refractivity contribution in [2.45, 2.75) is 11.8 Å². The van der Waals surface area contributed by atoms with Crippen LogP contribution in [-0.4, -0.2) is 37.5 Å². The van der Waals surface area contributed by atoms with E-state index in [2.05, 4.69) is 0 Å². The van der Waals surface area contributed by atoms with E-state index in [1.54, 1.807) is 12.1 Å². The van der Waals surface area contributed by atoms with Gasteiger partial charge in [0.1, 0.15) is 0 Å². The van der Waals surface area contributed by atoms with Gasteiger partial charge in [0.05, 0.1) is 17.5 Å². The molecule has 3 rings (SSSR count). The highest BCUT2D eigenvalue weighted by molar-refractivity contribution is 7.90. The highest BCUT2D eigenvalue weighted by atomic mass is 32.2. The van der Waals surface area contributed by atoms with Crippen molar-refractivity contribution in [3.05, 3.63) is 71.4 Å². The number of aryl methyl sites for hydroxylation is 1. The quantitative estimate of drug-likeness (QED) is 0.468. The minimum Gasteiger partial charge on any atom is -0.274 e. The Bertz CT molecular complexity index is 1220. The molecule has 29 heavy (non-hydrogen) atoms. The van der Waals surface area contributed by atoms with Gasteiger partial charge in [-0.3, -0.25) is 9.63 Å². The number of hydrogen-bond acceptors (Lipinski definition) is 4. The molecule has 0 fully saturated rings. The van der Waals surface area contributed by atoms with Crippen LogP contribution < -0.4 is 0 Å². The van der Waals surface area contributed by atoms with Gasteiger partial charge in [-0.1, -0.05) is 17.7 Å². The molecule has 0 saturated heterocycles. The van der Waals surface area contributed by atoms with Crippen LogP contribution in [0.15, 0.2) is 53.6 Å². The summed E-state index contributed by atoms with van der Waals surface area (Å²) < 4.78 is 54.8. The lowest BCUT2D eigenvalue weighted by atomic mass is 10.1. The third-order valence-corrected chi connectivity index (χ3v) is 6.10. The largest absolute Gasteiger partial charge is 0.274 e. The van der Waals surface area contributed by atoms with E-state index in [1.165, 1.54) is 38.6 Å². The van der Waals surface area contributed by atoms with Gasteiger partial charge in [0.15, 0.2) is 11.6 Å². The number of hydrogen-bond donors (Lipinski definition) is 0. The Labute approximate surface area is 166 Å². The first-order chi connectivity index (χ1) is 13.6. The number of hydroxylamine groups is 2. The average molecular weight is 420 g/mol. The predicted molar refractivity (Wildman–Crippen MR) is 104 cm³/mol. The van der Waals surface area contributed by atoms with Crippen molar-refractivity contribution in [3.8, 4) is 0 Å². The molecule has 0 atom stereocenters. The zero-order chi connectivity index (χ0) is 21.3. The van der Waals surface area contributed by atoms with Crippen LogP contribution in [0.5, 0.6) is 0 Å². The summed E-state index contributed by atoms with van der Waals surface area (Å²) in [5.74, 6) is -2.82. The standard InChI is InChI=1S/C20H18F2N2O4S/c1-13-4-7-15(8-5-13)29(26,27)24-12-14(6-9-20(25)23(2)28-3)16-10-17(21)18(22)11-19(16)24/h4-12H,1-3H3/b9-6+. The molecule has 2 aromatic carbocycles. The van der Waals surface area contributed by atoms with Gasteiger partial charge >= 0.3 is 0 Å². The molecule has 0 spiro atoms. The van der Waals surface area contributed by atoms with Gasteiger partial charge in [0, 0.05) is 36.3 Å². The minimum atomic E-state index is -4.08. The molecule has 1 amide bonds.